The Bertz CT molecular complexity index is 1120. The number of carbonyl (C=O) groups excluding carboxylic acids is 2. The number of anilines is 1. The topological polar surface area (TPSA) is 84.3 Å². The molecule has 142 valence electrons. The highest BCUT2D eigenvalue weighted by Gasteiger charge is 2.35. The van der Waals surface area contributed by atoms with Crippen LogP contribution in [0.3, 0.4) is 0 Å². The predicted octanol–water partition coefficient (Wildman–Crippen LogP) is 2.08. The Morgan fingerprint density at radius 3 is 2.82 bits per heavy atom. The third-order valence-electron chi connectivity index (χ3n) is 5.02. The second kappa shape index (κ2) is 7.26. The zero-order valence-electron chi connectivity index (χ0n) is 15.5. The number of fused-ring (bicyclic) bond motifs is 1. The number of hydrogen-bond acceptors (Lipinski definition) is 4. The molecule has 7 heteroatoms. The first-order valence-electron chi connectivity index (χ1n) is 9.23. The van der Waals surface area contributed by atoms with Crippen LogP contribution in [0, 0.1) is 5.92 Å². The molecule has 4 rings (SSSR count). The van der Waals surface area contributed by atoms with E-state index in [1.165, 1.54) is 6.33 Å². The van der Waals surface area contributed by atoms with Crippen molar-refractivity contribution in [2.24, 2.45) is 5.92 Å². The maximum absolute atomic E-state index is 12.7. The molecule has 0 bridgehead atoms. The highest BCUT2D eigenvalue weighted by Crippen LogP contribution is 2.26. The standard InChI is InChI=1S/C21H20N4O3/c1-2-14-6-5-7-16(10-14)24-12-15(11-19(24)26)20(27)23-25-13-22-18-9-4-3-8-17(18)21(25)28/h3-10,13,15H,2,11-12H2,1H3,(H,23,27). The van der Waals surface area contributed by atoms with Crippen molar-refractivity contribution in [2.45, 2.75) is 19.8 Å². The van der Waals surface area contributed by atoms with Crippen LogP contribution in [0.2, 0.25) is 0 Å². The van der Waals surface area contributed by atoms with Gasteiger partial charge in [-0.3, -0.25) is 19.8 Å². The molecule has 1 unspecified atom stereocenters. The highest BCUT2D eigenvalue weighted by atomic mass is 16.2. The lowest BCUT2D eigenvalue weighted by atomic mass is 10.1. The van der Waals surface area contributed by atoms with Crippen LogP contribution in [-0.4, -0.2) is 28.0 Å². The van der Waals surface area contributed by atoms with Gasteiger partial charge in [0.2, 0.25) is 11.8 Å². The Kier molecular flexibility index (Phi) is 4.65. The van der Waals surface area contributed by atoms with E-state index in [4.69, 9.17) is 0 Å². The van der Waals surface area contributed by atoms with Gasteiger partial charge in [0, 0.05) is 18.7 Å². The number of benzene rings is 2. The van der Waals surface area contributed by atoms with Gasteiger partial charge in [-0.2, -0.15) is 0 Å². The van der Waals surface area contributed by atoms with E-state index in [-0.39, 0.29) is 30.3 Å². The predicted molar refractivity (Wildman–Crippen MR) is 107 cm³/mol. The van der Waals surface area contributed by atoms with Crippen LogP contribution in [0.25, 0.3) is 10.9 Å². The van der Waals surface area contributed by atoms with Crippen LogP contribution in [0.15, 0.2) is 59.7 Å². The van der Waals surface area contributed by atoms with Crippen LogP contribution >= 0.6 is 0 Å². The molecule has 0 spiro atoms. The van der Waals surface area contributed by atoms with E-state index in [0.717, 1.165) is 22.3 Å². The van der Waals surface area contributed by atoms with Crippen molar-refractivity contribution in [3.05, 3.63) is 70.8 Å². The minimum absolute atomic E-state index is 0.0996. The normalized spacial score (nSPS) is 16.5. The number of hydrogen-bond donors (Lipinski definition) is 1. The summed E-state index contributed by atoms with van der Waals surface area (Å²) in [5.74, 6) is -1.00. The number of aromatic nitrogens is 2. The summed E-state index contributed by atoms with van der Waals surface area (Å²) in [5, 5.41) is 0.422. The molecular formula is C21H20N4O3. The van der Waals surface area contributed by atoms with Gasteiger partial charge in [-0.1, -0.05) is 31.2 Å². The monoisotopic (exact) mass is 376 g/mol. The zero-order valence-corrected chi connectivity index (χ0v) is 15.5. The van der Waals surface area contributed by atoms with E-state index in [9.17, 15) is 14.4 Å². The summed E-state index contributed by atoms with van der Waals surface area (Å²) in [4.78, 5) is 43.5. The van der Waals surface area contributed by atoms with Crippen molar-refractivity contribution < 1.29 is 9.59 Å². The third kappa shape index (κ3) is 3.26. The lowest BCUT2D eigenvalue weighted by molar-refractivity contribution is -0.123. The first-order valence-corrected chi connectivity index (χ1v) is 9.23. The largest absolute Gasteiger partial charge is 0.312 e. The van der Waals surface area contributed by atoms with Gasteiger partial charge in [-0.25, -0.2) is 9.66 Å². The molecule has 1 aliphatic rings. The van der Waals surface area contributed by atoms with E-state index in [1.54, 1.807) is 29.2 Å². The number of nitrogens with zero attached hydrogens (tertiary/aromatic N) is 3. The van der Waals surface area contributed by atoms with Gasteiger partial charge in [-0.05, 0) is 36.2 Å². The number of para-hydroxylation sites is 1. The second-order valence-electron chi connectivity index (χ2n) is 6.84. The second-order valence-corrected chi connectivity index (χ2v) is 6.84. The van der Waals surface area contributed by atoms with Gasteiger partial charge in [0.25, 0.3) is 5.56 Å². The van der Waals surface area contributed by atoms with E-state index in [2.05, 4.69) is 17.3 Å². The first kappa shape index (κ1) is 17.9. The maximum Gasteiger partial charge on any atom is 0.280 e. The SMILES string of the molecule is CCc1cccc(N2CC(C(=O)Nn3cnc4ccccc4c3=O)CC2=O)c1. The zero-order chi connectivity index (χ0) is 19.7. The van der Waals surface area contributed by atoms with E-state index in [0.29, 0.717) is 10.9 Å². The molecule has 1 atom stereocenters. The molecule has 2 aromatic carbocycles. The summed E-state index contributed by atoms with van der Waals surface area (Å²) in [5.41, 5.74) is 4.72. The Hall–Kier alpha value is -3.48. The van der Waals surface area contributed by atoms with Crippen LogP contribution in [0.1, 0.15) is 18.9 Å². The molecule has 0 saturated carbocycles. The fraction of sp³-hybridized carbons (Fsp3) is 0.238. The molecule has 1 saturated heterocycles. The molecule has 1 aromatic heterocycles. The Balaban J connectivity index is 1.52. The molecule has 7 nitrogen and oxygen atoms in total. The molecule has 1 fully saturated rings. The van der Waals surface area contributed by atoms with E-state index in [1.807, 2.05) is 24.3 Å². The molecule has 1 N–H and O–H groups in total. The first-order chi connectivity index (χ1) is 13.6. The van der Waals surface area contributed by atoms with Crippen molar-refractivity contribution in [3.8, 4) is 0 Å². The minimum atomic E-state index is -0.531. The molecule has 0 aliphatic carbocycles. The fourth-order valence-electron chi connectivity index (χ4n) is 3.44. The number of nitrogens with one attached hydrogen (secondary N) is 1. The summed E-state index contributed by atoms with van der Waals surface area (Å²) in [6, 6.07) is 14.7. The molecule has 3 aromatic rings. The molecular weight excluding hydrogens is 356 g/mol. The van der Waals surface area contributed by atoms with Crippen molar-refractivity contribution in [3.63, 3.8) is 0 Å². The van der Waals surface area contributed by atoms with Crippen LogP contribution < -0.4 is 15.9 Å². The summed E-state index contributed by atoms with van der Waals surface area (Å²) < 4.78 is 1.08. The van der Waals surface area contributed by atoms with Crippen molar-refractivity contribution in [1.29, 1.82) is 0 Å². The van der Waals surface area contributed by atoms with Gasteiger partial charge in [0.05, 0.1) is 16.8 Å². The van der Waals surface area contributed by atoms with Crippen molar-refractivity contribution >= 4 is 28.4 Å². The molecule has 1 aliphatic heterocycles. The van der Waals surface area contributed by atoms with Crippen LogP contribution in [0.4, 0.5) is 5.69 Å². The average Bonchev–Trinajstić information content (AvgIpc) is 3.12. The Morgan fingerprint density at radius 2 is 2.00 bits per heavy atom. The highest BCUT2D eigenvalue weighted by molar-refractivity contribution is 6.01. The van der Waals surface area contributed by atoms with Crippen molar-refractivity contribution in [2.75, 3.05) is 16.9 Å². The summed E-state index contributed by atoms with van der Waals surface area (Å²) in [6.07, 6.45) is 2.28. The molecule has 28 heavy (non-hydrogen) atoms. The smallest absolute Gasteiger partial charge is 0.280 e. The quantitative estimate of drug-likeness (QED) is 0.756. The van der Waals surface area contributed by atoms with E-state index < -0.39 is 5.92 Å². The maximum atomic E-state index is 12.7. The number of carbonyl (C=O) groups is 2. The van der Waals surface area contributed by atoms with Gasteiger partial charge >= 0.3 is 0 Å². The lowest BCUT2D eigenvalue weighted by Crippen LogP contribution is -2.37. The third-order valence-corrected chi connectivity index (χ3v) is 5.02. The average molecular weight is 376 g/mol. The fourth-order valence-corrected chi connectivity index (χ4v) is 3.44. The Morgan fingerprint density at radius 1 is 1.18 bits per heavy atom. The Labute approximate surface area is 161 Å². The molecule has 2 amide bonds. The molecule has 2 heterocycles. The van der Waals surface area contributed by atoms with Gasteiger partial charge in [-0.15, -0.1) is 0 Å². The summed E-state index contributed by atoms with van der Waals surface area (Å²) in [6.45, 7) is 2.34. The van der Waals surface area contributed by atoms with Crippen molar-refractivity contribution in [1.82, 2.24) is 9.66 Å². The van der Waals surface area contributed by atoms with E-state index >= 15 is 0 Å². The van der Waals surface area contributed by atoms with Crippen LogP contribution in [0.5, 0.6) is 0 Å². The van der Waals surface area contributed by atoms with Gasteiger partial charge in [0.1, 0.15) is 6.33 Å². The lowest BCUT2D eigenvalue weighted by Gasteiger charge is -2.17. The number of rotatable bonds is 4. The number of aryl methyl sites for hydroxylation is 1. The van der Waals surface area contributed by atoms with Gasteiger partial charge in [0.15, 0.2) is 0 Å². The summed E-state index contributed by atoms with van der Waals surface area (Å²) >= 11 is 0. The molecule has 0 radical (unpaired) electrons. The van der Waals surface area contributed by atoms with Gasteiger partial charge < -0.3 is 4.90 Å². The van der Waals surface area contributed by atoms with Crippen LogP contribution in [-0.2, 0) is 16.0 Å². The minimum Gasteiger partial charge on any atom is -0.312 e. The number of amides is 2. The summed E-state index contributed by atoms with van der Waals surface area (Å²) in [7, 11) is 0.